The minimum atomic E-state index is -0.104. The van der Waals surface area contributed by atoms with Crippen molar-refractivity contribution in [1.82, 2.24) is 0 Å². The third-order valence-electron chi connectivity index (χ3n) is 5.12. The standard InChI is InChI=1S/C12H14O2/c13-10-6-5-7(6)11(14)12-4-2-1-3-8(12)9(10)12/h6-9H,1-5H2. The summed E-state index contributed by atoms with van der Waals surface area (Å²) >= 11 is 0. The minimum absolute atomic E-state index is 0.104. The molecule has 4 rings (SSSR count). The Hall–Kier alpha value is -0.660. The average molecular weight is 190 g/mol. The van der Waals surface area contributed by atoms with Crippen LogP contribution >= 0.6 is 0 Å². The van der Waals surface area contributed by atoms with Crippen molar-refractivity contribution in [3.8, 4) is 0 Å². The quantitative estimate of drug-likeness (QED) is 0.581. The molecule has 1 spiro atoms. The van der Waals surface area contributed by atoms with Gasteiger partial charge in [0.15, 0.2) is 0 Å². The zero-order valence-electron chi connectivity index (χ0n) is 8.16. The molecule has 5 unspecified atom stereocenters. The number of hydrogen-bond donors (Lipinski definition) is 0. The number of rotatable bonds is 0. The molecule has 0 amide bonds. The summed E-state index contributed by atoms with van der Waals surface area (Å²) in [4.78, 5) is 24.1. The predicted molar refractivity (Wildman–Crippen MR) is 49.5 cm³/mol. The van der Waals surface area contributed by atoms with Crippen LogP contribution in [0.4, 0.5) is 0 Å². The molecule has 0 saturated heterocycles. The molecular weight excluding hydrogens is 176 g/mol. The Kier molecular flexibility index (Phi) is 1.07. The third kappa shape index (κ3) is 0.590. The minimum Gasteiger partial charge on any atom is -0.299 e. The molecule has 5 atom stereocenters. The van der Waals surface area contributed by atoms with Crippen LogP contribution in [0.3, 0.4) is 0 Å². The van der Waals surface area contributed by atoms with Crippen molar-refractivity contribution >= 4 is 11.6 Å². The van der Waals surface area contributed by atoms with Crippen LogP contribution in [0.2, 0.25) is 0 Å². The molecule has 2 nitrogen and oxygen atoms in total. The molecular formula is C12H14O2. The first-order valence-corrected chi connectivity index (χ1v) is 5.85. The highest BCUT2D eigenvalue weighted by atomic mass is 16.2. The van der Waals surface area contributed by atoms with Crippen LogP contribution < -0.4 is 0 Å². The summed E-state index contributed by atoms with van der Waals surface area (Å²) < 4.78 is 0. The molecule has 74 valence electrons. The second-order valence-electron chi connectivity index (χ2n) is 5.59. The SMILES string of the molecule is O=C1C2CC2C(=O)C23CCCCC2C13. The van der Waals surface area contributed by atoms with Crippen molar-refractivity contribution in [3.63, 3.8) is 0 Å². The van der Waals surface area contributed by atoms with Gasteiger partial charge in [-0.05, 0) is 25.2 Å². The van der Waals surface area contributed by atoms with Crippen molar-refractivity contribution < 1.29 is 9.59 Å². The molecule has 0 aromatic rings. The molecule has 0 bridgehead atoms. The van der Waals surface area contributed by atoms with Crippen LogP contribution in [0.5, 0.6) is 0 Å². The van der Waals surface area contributed by atoms with Crippen LogP contribution in [0.15, 0.2) is 0 Å². The van der Waals surface area contributed by atoms with Crippen LogP contribution in [-0.4, -0.2) is 11.6 Å². The molecule has 4 saturated carbocycles. The number of hydrogen-bond acceptors (Lipinski definition) is 2. The van der Waals surface area contributed by atoms with Gasteiger partial charge in [-0.15, -0.1) is 0 Å². The van der Waals surface area contributed by atoms with E-state index < -0.39 is 0 Å². The first-order chi connectivity index (χ1) is 6.77. The van der Waals surface area contributed by atoms with E-state index in [1.165, 1.54) is 12.8 Å². The van der Waals surface area contributed by atoms with E-state index in [1.54, 1.807) is 0 Å². The van der Waals surface area contributed by atoms with E-state index in [-0.39, 0.29) is 23.2 Å². The summed E-state index contributed by atoms with van der Waals surface area (Å²) in [6.45, 7) is 0. The van der Waals surface area contributed by atoms with E-state index in [2.05, 4.69) is 0 Å². The fourth-order valence-electron chi connectivity index (χ4n) is 4.35. The van der Waals surface area contributed by atoms with E-state index in [1.807, 2.05) is 0 Å². The van der Waals surface area contributed by atoms with Gasteiger partial charge in [0.05, 0.1) is 0 Å². The molecule has 0 aromatic heterocycles. The Morgan fingerprint density at radius 1 is 1.14 bits per heavy atom. The number of carbonyl (C=O) groups is 2. The van der Waals surface area contributed by atoms with Crippen molar-refractivity contribution in [3.05, 3.63) is 0 Å². The van der Waals surface area contributed by atoms with E-state index in [9.17, 15) is 9.59 Å². The zero-order chi connectivity index (χ0) is 9.50. The third-order valence-corrected chi connectivity index (χ3v) is 5.12. The van der Waals surface area contributed by atoms with Gasteiger partial charge in [-0.1, -0.05) is 12.8 Å². The molecule has 4 aliphatic carbocycles. The van der Waals surface area contributed by atoms with Gasteiger partial charge >= 0.3 is 0 Å². The molecule has 0 aromatic carbocycles. The maximum atomic E-state index is 12.2. The van der Waals surface area contributed by atoms with Crippen LogP contribution in [0.1, 0.15) is 32.1 Å². The Morgan fingerprint density at radius 2 is 2.00 bits per heavy atom. The predicted octanol–water partition coefficient (Wildman–Crippen LogP) is 1.58. The van der Waals surface area contributed by atoms with Crippen molar-refractivity contribution in [2.24, 2.45) is 29.1 Å². The molecule has 4 aliphatic rings. The summed E-state index contributed by atoms with van der Waals surface area (Å²) in [5, 5.41) is 0. The average Bonchev–Trinajstić information content (AvgIpc) is 3.07. The van der Waals surface area contributed by atoms with Crippen molar-refractivity contribution in [2.75, 3.05) is 0 Å². The Labute approximate surface area is 83.1 Å². The largest absolute Gasteiger partial charge is 0.299 e. The molecule has 0 aliphatic heterocycles. The van der Waals surface area contributed by atoms with Gasteiger partial charge in [-0.25, -0.2) is 0 Å². The Morgan fingerprint density at radius 3 is 2.86 bits per heavy atom. The van der Waals surface area contributed by atoms with Gasteiger partial charge in [0.25, 0.3) is 0 Å². The second-order valence-corrected chi connectivity index (χ2v) is 5.59. The maximum Gasteiger partial charge on any atom is 0.143 e. The summed E-state index contributed by atoms with van der Waals surface area (Å²) in [5.74, 6) is 1.94. The van der Waals surface area contributed by atoms with E-state index in [0.717, 1.165) is 19.3 Å². The normalized spacial score (nSPS) is 58.6. The molecule has 0 heterocycles. The number of fused-ring (bicyclic) bond motifs is 2. The Bertz CT molecular complexity index is 359. The van der Waals surface area contributed by atoms with E-state index in [0.29, 0.717) is 17.5 Å². The fourth-order valence-corrected chi connectivity index (χ4v) is 4.35. The Balaban J connectivity index is 1.80. The van der Waals surface area contributed by atoms with Crippen LogP contribution in [0.25, 0.3) is 0 Å². The lowest BCUT2D eigenvalue weighted by Crippen LogP contribution is -2.30. The lowest BCUT2D eigenvalue weighted by atomic mass is 9.79. The summed E-state index contributed by atoms with van der Waals surface area (Å²) in [6, 6.07) is 0. The number of carbonyl (C=O) groups excluding carboxylic acids is 2. The second kappa shape index (κ2) is 1.98. The molecule has 0 radical (unpaired) electrons. The molecule has 0 N–H and O–H groups in total. The fraction of sp³-hybridized carbons (Fsp3) is 0.833. The summed E-state index contributed by atoms with van der Waals surface area (Å²) in [7, 11) is 0. The highest BCUT2D eigenvalue weighted by Gasteiger charge is 2.79. The van der Waals surface area contributed by atoms with Crippen LogP contribution in [0, 0.1) is 29.1 Å². The highest BCUT2D eigenvalue weighted by Crippen LogP contribution is 2.74. The number of Topliss-reactive ketones (excluding diaryl/α,β-unsaturated/α-hetero) is 2. The topological polar surface area (TPSA) is 34.1 Å². The van der Waals surface area contributed by atoms with Gasteiger partial charge in [0, 0.05) is 23.2 Å². The maximum absolute atomic E-state index is 12.2. The van der Waals surface area contributed by atoms with Gasteiger partial charge in [-0.2, -0.15) is 0 Å². The van der Waals surface area contributed by atoms with Crippen molar-refractivity contribution in [2.45, 2.75) is 32.1 Å². The monoisotopic (exact) mass is 190 g/mol. The van der Waals surface area contributed by atoms with E-state index >= 15 is 0 Å². The lowest BCUT2D eigenvalue weighted by Gasteiger charge is -2.22. The van der Waals surface area contributed by atoms with Gasteiger partial charge in [0.2, 0.25) is 0 Å². The first kappa shape index (κ1) is 7.61. The highest BCUT2D eigenvalue weighted by molar-refractivity contribution is 6.10. The van der Waals surface area contributed by atoms with E-state index in [4.69, 9.17) is 0 Å². The number of ketones is 2. The zero-order valence-corrected chi connectivity index (χ0v) is 8.16. The van der Waals surface area contributed by atoms with Crippen LogP contribution in [-0.2, 0) is 9.59 Å². The van der Waals surface area contributed by atoms with Gasteiger partial charge < -0.3 is 0 Å². The van der Waals surface area contributed by atoms with Gasteiger partial charge in [0.1, 0.15) is 11.6 Å². The summed E-state index contributed by atoms with van der Waals surface area (Å²) in [6.07, 6.45) is 5.46. The molecule has 2 heteroatoms. The summed E-state index contributed by atoms with van der Waals surface area (Å²) in [5.41, 5.74) is -0.104. The first-order valence-electron chi connectivity index (χ1n) is 5.85. The van der Waals surface area contributed by atoms with Gasteiger partial charge in [-0.3, -0.25) is 9.59 Å². The molecule has 14 heavy (non-hydrogen) atoms. The smallest absolute Gasteiger partial charge is 0.143 e. The lowest BCUT2D eigenvalue weighted by molar-refractivity contribution is -0.135. The van der Waals surface area contributed by atoms with Crippen molar-refractivity contribution in [1.29, 1.82) is 0 Å². The molecule has 4 fully saturated rings.